The van der Waals surface area contributed by atoms with Crippen LogP contribution in [0.5, 0.6) is 0 Å². The van der Waals surface area contributed by atoms with E-state index < -0.39 is 30.4 Å². The largest absolute Gasteiger partial charge is 0.394 e. The molecule has 0 aromatic heterocycles. The van der Waals surface area contributed by atoms with E-state index in [9.17, 15) is 9.90 Å². The fourth-order valence-electron chi connectivity index (χ4n) is 0.953. The van der Waals surface area contributed by atoms with Crippen LogP contribution in [0.15, 0.2) is 0 Å². The Bertz CT molecular complexity index is 219. The Kier molecular flexibility index (Phi) is 2.41. The molecule has 0 aromatic rings. The summed E-state index contributed by atoms with van der Waals surface area (Å²) in [5, 5.41) is 44.5. The lowest BCUT2D eigenvalue weighted by Crippen LogP contribution is -2.47. The highest BCUT2D eigenvalue weighted by molar-refractivity contribution is 5.66. The number of hydrogen-bond donors (Lipinski definition) is 5. The van der Waals surface area contributed by atoms with E-state index in [1.165, 1.54) is 0 Å². The minimum absolute atomic E-state index is 0.111. The van der Waals surface area contributed by atoms with E-state index in [0.717, 1.165) is 0 Å². The van der Waals surface area contributed by atoms with Gasteiger partial charge in [-0.1, -0.05) is 0 Å². The Morgan fingerprint density at radius 3 is 2.23 bits per heavy atom. The Balaban J connectivity index is 2.69. The van der Waals surface area contributed by atoms with Crippen LogP contribution >= 0.6 is 0 Å². The van der Waals surface area contributed by atoms with Crippen molar-refractivity contribution in [2.45, 2.75) is 23.8 Å². The zero-order chi connectivity index (χ0) is 10.3. The van der Waals surface area contributed by atoms with Crippen molar-refractivity contribution in [3.8, 4) is 0 Å². The zero-order valence-corrected chi connectivity index (χ0v) is 6.49. The van der Waals surface area contributed by atoms with Gasteiger partial charge in [-0.2, -0.15) is 0 Å². The highest BCUT2D eigenvalue weighted by Gasteiger charge is 2.75. The van der Waals surface area contributed by atoms with Crippen molar-refractivity contribution < 1.29 is 35.1 Å². The molecule has 5 N–H and O–H groups in total. The molecule has 7 heteroatoms. The number of ether oxygens (including phenoxy) is 1. The maximum absolute atomic E-state index is 10.1. The van der Waals surface area contributed by atoms with E-state index in [1.807, 2.05) is 0 Å². The third-order valence-electron chi connectivity index (χ3n) is 1.89. The zero-order valence-electron chi connectivity index (χ0n) is 6.49. The molecule has 13 heavy (non-hydrogen) atoms. The molecule has 1 aliphatic rings. The molecule has 0 spiro atoms. The summed E-state index contributed by atoms with van der Waals surface area (Å²) < 4.78 is 4.15. The van der Waals surface area contributed by atoms with E-state index in [0.29, 0.717) is 0 Å². The molecular weight excluding hydrogens is 184 g/mol. The van der Waals surface area contributed by atoms with Crippen molar-refractivity contribution in [2.24, 2.45) is 0 Å². The summed E-state index contributed by atoms with van der Waals surface area (Å²) in [5.74, 6) is -5.03. The van der Waals surface area contributed by atoms with Gasteiger partial charge in [0.1, 0.15) is 12.2 Å². The second-order valence-corrected chi connectivity index (χ2v) is 2.81. The first-order valence-corrected chi connectivity index (χ1v) is 3.49. The number of aliphatic hydroxyl groups is 5. The first kappa shape index (κ1) is 10.5. The first-order valence-electron chi connectivity index (χ1n) is 3.49. The quantitative estimate of drug-likeness (QED) is 0.230. The first-order chi connectivity index (χ1) is 5.91. The molecule has 0 aliphatic carbocycles. The van der Waals surface area contributed by atoms with Crippen LogP contribution in [0.3, 0.4) is 0 Å². The van der Waals surface area contributed by atoms with Gasteiger partial charge in [-0.25, -0.2) is 0 Å². The highest BCUT2D eigenvalue weighted by atomic mass is 16.8. The average Bonchev–Trinajstić information content (AvgIpc) is 2.69. The summed E-state index contributed by atoms with van der Waals surface area (Å²) in [5.41, 5.74) is 0. The number of epoxide rings is 1. The maximum atomic E-state index is 10.1. The van der Waals surface area contributed by atoms with Crippen LogP contribution in [0.4, 0.5) is 0 Å². The molecule has 1 fully saturated rings. The lowest BCUT2D eigenvalue weighted by Gasteiger charge is -2.18. The SMILES string of the molecule is O=C[C@@]1(O)O[C@]1(O)[C@H](O)[C@H](O)CO. The van der Waals surface area contributed by atoms with Crippen molar-refractivity contribution in [1.82, 2.24) is 0 Å². The third kappa shape index (κ3) is 1.35. The van der Waals surface area contributed by atoms with Crippen LogP contribution in [0, 0.1) is 0 Å². The van der Waals surface area contributed by atoms with Crippen molar-refractivity contribution >= 4 is 6.29 Å². The molecule has 76 valence electrons. The lowest BCUT2D eigenvalue weighted by atomic mass is 10.0. The summed E-state index contributed by atoms with van der Waals surface area (Å²) >= 11 is 0. The molecule has 1 rings (SSSR count). The molecule has 4 atom stereocenters. The van der Waals surface area contributed by atoms with Crippen molar-refractivity contribution in [1.29, 1.82) is 0 Å². The van der Waals surface area contributed by atoms with E-state index in [4.69, 9.17) is 20.4 Å². The van der Waals surface area contributed by atoms with Crippen LogP contribution < -0.4 is 0 Å². The maximum Gasteiger partial charge on any atom is 0.285 e. The molecule has 0 bridgehead atoms. The average molecular weight is 194 g/mol. The molecule has 0 saturated carbocycles. The lowest BCUT2D eigenvalue weighted by molar-refractivity contribution is -0.141. The number of carbonyl (C=O) groups is 1. The summed E-state index contributed by atoms with van der Waals surface area (Å²) in [4.78, 5) is 10.1. The number of rotatable bonds is 4. The predicted molar refractivity (Wildman–Crippen MR) is 36.1 cm³/mol. The molecular formula is C6H10O7. The van der Waals surface area contributed by atoms with Gasteiger partial charge in [0.25, 0.3) is 11.6 Å². The Labute approximate surface area is 72.8 Å². The van der Waals surface area contributed by atoms with E-state index in [2.05, 4.69) is 4.74 Å². The molecule has 0 unspecified atom stereocenters. The van der Waals surface area contributed by atoms with Gasteiger partial charge in [0.05, 0.1) is 6.61 Å². The molecule has 1 aliphatic heterocycles. The second kappa shape index (κ2) is 2.98. The Hall–Kier alpha value is -0.570. The summed E-state index contributed by atoms with van der Waals surface area (Å²) in [6, 6.07) is 0. The number of aldehydes is 1. The molecule has 0 radical (unpaired) electrons. The van der Waals surface area contributed by atoms with Gasteiger partial charge in [0, 0.05) is 0 Å². The summed E-state index contributed by atoms with van der Waals surface area (Å²) in [6.07, 6.45) is -3.76. The van der Waals surface area contributed by atoms with Gasteiger partial charge >= 0.3 is 0 Å². The van der Waals surface area contributed by atoms with Gasteiger partial charge in [0.2, 0.25) is 0 Å². The van der Waals surface area contributed by atoms with Crippen molar-refractivity contribution in [3.05, 3.63) is 0 Å². The number of carbonyl (C=O) groups excluding carboxylic acids is 1. The fraction of sp³-hybridized carbons (Fsp3) is 0.833. The van der Waals surface area contributed by atoms with Gasteiger partial charge in [-0.05, 0) is 0 Å². The van der Waals surface area contributed by atoms with Crippen LogP contribution in [-0.4, -0.2) is 62.2 Å². The Morgan fingerprint density at radius 1 is 1.38 bits per heavy atom. The highest BCUT2D eigenvalue weighted by Crippen LogP contribution is 2.45. The van der Waals surface area contributed by atoms with Crippen LogP contribution in [0.1, 0.15) is 0 Å². The van der Waals surface area contributed by atoms with Gasteiger partial charge in [0.15, 0.2) is 6.29 Å². The topological polar surface area (TPSA) is 131 Å². The van der Waals surface area contributed by atoms with Gasteiger partial charge in [-0.15, -0.1) is 0 Å². The minimum Gasteiger partial charge on any atom is -0.394 e. The molecule has 7 nitrogen and oxygen atoms in total. The minimum atomic E-state index is -2.53. The number of hydrogen-bond acceptors (Lipinski definition) is 7. The molecule has 1 heterocycles. The second-order valence-electron chi connectivity index (χ2n) is 2.81. The molecule has 0 aromatic carbocycles. The monoisotopic (exact) mass is 194 g/mol. The smallest absolute Gasteiger partial charge is 0.285 e. The van der Waals surface area contributed by atoms with E-state index in [1.54, 1.807) is 0 Å². The van der Waals surface area contributed by atoms with Crippen molar-refractivity contribution in [3.63, 3.8) is 0 Å². The van der Waals surface area contributed by atoms with Gasteiger partial charge in [-0.3, -0.25) is 9.53 Å². The standard InChI is InChI=1S/C6H10O7/c7-1-3(9)4(10)6(12)5(11,2-8)13-6/h2-4,7,9-12H,1H2/t3-,4-,5-,6-/m1/s1. The van der Waals surface area contributed by atoms with Crippen LogP contribution in [-0.2, 0) is 9.53 Å². The van der Waals surface area contributed by atoms with E-state index >= 15 is 0 Å². The molecule has 1 saturated heterocycles. The number of aliphatic hydroxyl groups excluding tert-OH is 3. The summed E-state index contributed by atoms with van der Waals surface area (Å²) in [6.45, 7) is -0.832. The van der Waals surface area contributed by atoms with Crippen LogP contribution in [0.25, 0.3) is 0 Å². The normalized spacial score (nSPS) is 42.5. The van der Waals surface area contributed by atoms with E-state index in [-0.39, 0.29) is 6.29 Å². The fourth-order valence-corrected chi connectivity index (χ4v) is 0.953. The van der Waals surface area contributed by atoms with Gasteiger partial charge < -0.3 is 25.5 Å². The van der Waals surface area contributed by atoms with Crippen molar-refractivity contribution in [2.75, 3.05) is 6.61 Å². The third-order valence-corrected chi connectivity index (χ3v) is 1.89. The molecule has 0 amide bonds. The Morgan fingerprint density at radius 2 is 1.92 bits per heavy atom. The van der Waals surface area contributed by atoms with Crippen LogP contribution in [0.2, 0.25) is 0 Å². The predicted octanol–water partition coefficient (Wildman–Crippen LogP) is -3.69. The summed E-state index contributed by atoms with van der Waals surface area (Å²) in [7, 11) is 0.